The molecule has 1 saturated heterocycles. The molecule has 1 aliphatic heterocycles. The minimum absolute atomic E-state index is 0.184. The number of benzene rings is 1. The van der Waals surface area contributed by atoms with Crippen LogP contribution in [0.1, 0.15) is 19.8 Å². The molecule has 2 rings (SSSR count). The van der Waals surface area contributed by atoms with Crippen molar-refractivity contribution in [1.29, 1.82) is 0 Å². The smallest absolute Gasteiger partial charge is 0.317 e. The van der Waals surface area contributed by atoms with E-state index in [-0.39, 0.29) is 12.6 Å². The van der Waals surface area contributed by atoms with Crippen molar-refractivity contribution in [1.82, 2.24) is 15.5 Å². The van der Waals surface area contributed by atoms with E-state index in [0.29, 0.717) is 37.4 Å². The van der Waals surface area contributed by atoms with Gasteiger partial charge in [0.25, 0.3) is 0 Å². The summed E-state index contributed by atoms with van der Waals surface area (Å²) in [5.41, 5.74) is 0. The summed E-state index contributed by atoms with van der Waals surface area (Å²) in [5, 5.41) is 5.43. The van der Waals surface area contributed by atoms with E-state index < -0.39 is 15.1 Å². The van der Waals surface area contributed by atoms with E-state index in [0.717, 1.165) is 6.54 Å². The van der Waals surface area contributed by atoms with Gasteiger partial charge in [0, 0.05) is 26.2 Å². The van der Waals surface area contributed by atoms with E-state index >= 15 is 0 Å². The molecule has 1 aromatic carbocycles. The van der Waals surface area contributed by atoms with Crippen LogP contribution in [0.15, 0.2) is 35.2 Å². The molecule has 0 aromatic heterocycles. The molecule has 0 bridgehead atoms. The zero-order chi connectivity index (χ0) is 16.7. The van der Waals surface area contributed by atoms with Gasteiger partial charge in [-0.05, 0) is 31.5 Å². The Morgan fingerprint density at radius 2 is 2.00 bits per heavy atom. The van der Waals surface area contributed by atoms with Crippen LogP contribution in [-0.4, -0.2) is 57.3 Å². The quantitative estimate of drug-likeness (QED) is 0.765. The Morgan fingerprint density at radius 1 is 1.26 bits per heavy atom. The molecule has 1 aromatic rings. The van der Waals surface area contributed by atoms with E-state index in [2.05, 4.69) is 10.6 Å². The molecule has 0 radical (unpaired) electrons. The lowest BCUT2D eigenvalue weighted by atomic mass is 10.1. The summed E-state index contributed by atoms with van der Waals surface area (Å²) in [5.74, 6) is 0. The van der Waals surface area contributed by atoms with Crippen LogP contribution in [0.4, 0.5) is 4.79 Å². The predicted octanol–water partition coefficient (Wildman–Crippen LogP) is 1.24. The highest BCUT2D eigenvalue weighted by atomic mass is 32.2. The minimum atomic E-state index is -3.39. The molecule has 0 aliphatic carbocycles. The average Bonchev–Trinajstić information content (AvgIpc) is 2.59. The molecule has 2 amide bonds. The Bertz CT molecular complexity index is 604. The van der Waals surface area contributed by atoms with Gasteiger partial charge in [-0.15, -0.1) is 0 Å². The van der Waals surface area contributed by atoms with Crippen molar-refractivity contribution in [3.63, 3.8) is 0 Å². The number of likely N-dealkylation sites (N-methyl/N-ethyl adjacent to an activating group) is 1. The number of sulfone groups is 1. The molecule has 1 aliphatic rings. The van der Waals surface area contributed by atoms with Gasteiger partial charge in [-0.3, -0.25) is 0 Å². The number of amides is 2. The number of carbonyl (C=O) groups excluding carboxylic acids is 1. The summed E-state index contributed by atoms with van der Waals surface area (Å²) in [4.78, 5) is 14.1. The molecule has 1 unspecified atom stereocenters. The van der Waals surface area contributed by atoms with Crippen LogP contribution in [0.2, 0.25) is 0 Å². The number of nitrogens with one attached hydrogen (secondary N) is 2. The third-order valence-corrected chi connectivity index (χ3v) is 6.20. The summed E-state index contributed by atoms with van der Waals surface area (Å²) in [7, 11) is -3.39. The first-order valence-corrected chi connectivity index (χ1v) is 9.62. The monoisotopic (exact) mass is 339 g/mol. The summed E-state index contributed by atoms with van der Waals surface area (Å²) in [6, 6.07) is 8.29. The average molecular weight is 339 g/mol. The summed E-state index contributed by atoms with van der Waals surface area (Å²) >= 11 is 0. The van der Waals surface area contributed by atoms with E-state index in [1.54, 1.807) is 35.2 Å². The molecule has 0 saturated carbocycles. The second-order valence-electron chi connectivity index (χ2n) is 5.65. The van der Waals surface area contributed by atoms with Crippen molar-refractivity contribution in [3.8, 4) is 0 Å². The highest BCUT2D eigenvalue weighted by Gasteiger charge is 2.33. The van der Waals surface area contributed by atoms with Crippen LogP contribution < -0.4 is 10.6 Å². The van der Waals surface area contributed by atoms with Crippen molar-refractivity contribution < 1.29 is 13.2 Å². The van der Waals surface area contributed by atoms with Crippen molar-refractivity contribution in [2.45, 2.75) is 29.9 Å². The molecule has 0 spiro atoms. The third kappa shape index (κ3) is 4.68. The van der Waals surface area contributed by atoms with Gasteiger partial charge in [-0.1, -0.05) is 25.1 Å². The lowest BCUT2D eigenvalue weighted by Gasteiger charge is -2.32. The van der Waals surface area contributed by atoms with E-state index in [4.69, 9.17) is 0 Å². The van der Waals surface area contributed by atoms with Crippen molar-refractivity contribution in [2.24, 2.45) is 0 Å². The van der Waals surface area contributed by atoms with Crippen molar-refractivity contribution in [3.05, 3.63) is 30.3 Å². The Kier molecular flexibility index (Phi) is 6.41. The van der Waals surface area contributed by atoms with Gasteiger partial charge < -0.3 is 15.5 Å². The summed E-state index contributed by atoms with van der Waals surface area (Å²) < 4.78 is 25.4. The van der Waals surface area contributed by atoms with Crippen LogP contribution >= 0.6 is 0 Å². The first-order valence-electron chi connectivity index (χ1n) is 8.08. The fourth-order valence-electron chi connectivity index (χ4n) is 2.72. The van der Waals surface area contributed by atoms with Gasteiger partial charge in [0.15, 0.2) is 9.84 Å². The van der Waals surface area contributed by atoms with Crippen molar-refractivity contribution in [2.75, 3.05) is 32.7 Å². The standard InChI is InChI=1S/C16H25N3O3S/c1-2-17-10-11-18-16(20)19-12-6-9-15(13-19)23(21,22)14-7-4-3-5-8-14/h3-5,7-8,15,17H,2,6,9-13H2,1H3,(H,18,20). The number of hydrogen-bond acceptors (Lipinski definition) is 4. The van der Waals surface area contributed by atoms with Gasteiger partial charge in [-0.25, -0.2) is 13.2 Å². The van der Waals surface area contributed by atoms with Gasteiger partial charge >= 0.3 is 6.03 Å². The molecular formula is C16H25N3O3S. The van der Waals surface area contributed by atoms with Crippen LogP contribution in [0.3, 0.4) is 0 Å². The maximum atomic E-state index is 12.7. The fraction of sp³-hybridized carbons (Fsp3) is 0.562. The number of urea groups is 1. The molecule has 1 heterocycles. The van der Waals surface area contributed by atoms with Gasteiger partial charge in [0.2, 0.25) is 0 Å². The number of hydrogen-bond donors (Lipinski definition) is 2. The van der Waals surface area contributed by atoms with Gasteiger partial charge in [0.05, 0.1) is 10.1 Å². The molecule has 2 N–H and O–H groups in total. The maximum Gasteiger partial charge on any atom is 0.317 e. The number of piperidine rings is 1. The number of nitrogens with zero attached hydrogens (tertiary/aromatic N) is 1. The van der Waals surface area contributed by atoms with Crippen molar-refractivity contribution >= 4 is 15.9 Å². The van der Waals surface area contributed by atoms with E-state index in [1.165, 1.54) is 0 Å². The van der Waals surface area contributed by atoms with Crippen LogP contribution in [0.25, 0.3) is 0 Å². The van der Waals surface area contributed by atoms with E-state index in [9.17, 15) is 13.2 Å². The molecule has 1 atom stereocenters. The lowest BCUT2D eigenvalue weighted by molar-refractivity contribution is 0.187. The van der Waals surface area contributed by atoms with E-state index in [1.807, 2.05) is 6.92 Å². The highest BCUT2D eigenvalue weighted by Crippen LogP contribution is 2.23. The molecular weight excluding hydrogens is 314 g/mol. The zero-order valence-electron chi connectivity index (χ0n) is 13.5. The van der Waals surface area contributed by atoms with Gasteiger partial charge in [0.1, 0.15) is 0 Å². The number of likely N-dealkylation sites (tertiary alicyclic amines) is 1. The number of carbonyl (C=O) groups is 1. The molecule has 128 valence electrons. The molecule has 6 nitrogen and oxygen atoms in total. The summed E-state index contributed by atoms with van der Waals surface area (Å²) in [6.45, 7) is 4.97. The Balaban J connectivity index is 1.96. The molecule has 7 heteroatoms. The zero-order valence-corrected chi connectivity index (χ0v) is 14.3. The second kappa shape index (κ2) is 8.31. The summed E-state index contributed by atoms with van der Waals surface area (Å²) in [6.07, 6.45) is 1.30. The van der Waals surface area contributed by atoms with Crippen LogP contribution in [0.5, 0.6) is 0 Å². The predicted molar refractivity (Wildman–Crippen MR) is 90.2 cm³/mol. The Morgan fingerprint density at radius 3 is 2.70 bits per heavy atom. The topological polar surface area (TPSA) is 78.5 Å². The highest BCUT2D eigenvalue weighted by molar-refractivity contribution is 7.92. The number of rotatable bonds is 6. The minimum Gasteiger partial charge on any atom is -0.337 e. The second-order valence-corrected chi connectivity index (χ2v) is 7.88. The Labute approximate surface area is 138 Å². The SMILES string of the molecule is CCNCCNC(=O)N1CCCC(S(=O)(=O)c2ccccc2)C1. The van der Waals surface area contributed by atoms with Crippen LogP contribution in [-0.2, 0) is 9.84 Å². The maximum absolute atomic E-state index is 12.7. The normalized spacial score (nSPS) is 18.7. The van der Waals surface area contributed by atoms with Crippen LogP contribution in [0, 0.1) is 0 Å². The van der Waals surface area contributed by atoms with Gasteiger partial charge in [-0.2, -0.15) is 0 Å². The Hall–Kier alpha value is -1.60. The lowest BCUT2D eigenvalue weighted by Crippen LogP contribution is -2.50. The largest absolute Gasteiger partial charge is 0.337 e. The molecule has 23 heavy (non-hydrogen) atoms. The fourth-order valence-corrected chi connectivity index (χ4v) is 4.50. The first kappa shape index (κ1) is 17.7. The third-order valence-electron chi connectivity index (χ3n) is 4.00. The molecule has 1 fully saturated rings. The first-order chi connectivity index (χ1) is 11.1.